The van der Waals surface area contributed by atoms with Gasteiger partial charge in [0.1, 0.15) is 0 Å². The van der Waals surface area contributed by atoms with Crippen LogP contribution in [-0.2, 0) is 24.6 Å². The number of nitriles is 1. The second kappa shape index (κ2) is 2.88. The maximum atomic E-state index is 8.23. The van der Waals surface area contributed by atoms with Gasteiger partial charge in [0.2, 0.25) is 0 Å². The summed E-state index contributed by atoms with van der Waals surface area (Å²) in [4.78, 5) is 0. The summed E-state index contributed by atoms with van der Waals surface area (Å²) in [6.45, 7) is 0. The predicted octanol–water partition coefficient (Wildman–Crippen LogP) is 0.468. The van der Waals surface area contributed by atoms with Crippen molar-refractivity contribution in [3.8, 4) is 3.58 Å². The zero-order valence-corrected chi connectivity index (χ0v) is 9.79. The molecule has 0 atom stereocenters. The Balaban J connectivity index is 2.67. The van der Waals surface area contributed by atoms with Crippen LogP contribution in [0.4, 0.5) is 0 Å². The SMILES string of the molecule is N#[C][Hg][c]1ccco1. The van der Waals surface area contributed by atoms with Crippen LogP contribution in [0.3, 0.4) is 0 Å². The molecule has 0 unspecified atom stereocenters. The Bertz CT molecular complexity index is 187. The molecule has 0 radical (unpaired) electrons. The van der Waals surface area contributed by atoms with Gasteiger partial charge < -0.3 is 0 Å². The topological polar surface area (TPSA) is 36.9 Å². The van der Waals surface area contributed by atoms with Gasteiger partial charge in [-0.3, -0.25) is 0 Å². The van der Waals surface area contributed by atoms with Crippen LogP contribution < -0.4 is 3.27 Å². The van der Waals surface area contributed by atoms with Crippen molar-refractivity contribution in [2.45, 2.75) is 0 Å². The van der Waals surface area contributed by atoms with E-state index in [1.165, 1.54) is 0 Å². The van der Waals surface area contributed by atoms with Crippen LogP contribution in [-0.4, -0.2) is 0 Å². The van der Waals surface area contributed by atoms with Crippen LogP contribution in [0.25, 0.3) is 0 Å². The minimum atomic E-state index is -1.37. The second-order valence-electron chi connectivity index (χ2n) is 1.41. The van der Waals surface area contributed by atoms with Gasteiger partial charge in [0.05, 0.1) is 0 Å². The molecule has 0 aromatic carbocycles. The molecule has 0 bridgehead atoms. The van der Waals surface area contributed by atoms with Crippen molar-refractivity contribution in [1.82, 2.24) is 0 Å². The molecule has 0 aliphatic carbocycles. The molecule has 0 spiro atoms. The molecule has 0 fully saturated rings. The molecule has 36 valence electrons. The average Bonchev–Trinajstić information content (AvgIpc) is 2.19. The Morgan fingerprint density at radius 2 is 2.62 bits per heavy atom. The second-order valence-corrected chi connectivity index (χ2v) is 6.73. The molecule has 1 rings (SSSR count). The fraction of sp³-hybridized carbons (Fsp3) is 0. The first-order valence-electron chi connectivity index (χ1n) is 2.33. The standard InChI is InChI=1S/C4H3O.CN.Hg/c1-2-4-5-3-1;1-2;/h1-3H;;. The summed E-state index contributed by atoms with van der Waals surface area (Å²) < 4.78 is 8.10. The predicted molar refractivity (Wildman–Crippen MR) is 24.0 cm³/mol. The molecular weight excluding hydrogens is 291 g/mol. The van der Waals surface area contributed by atoms with E-state index in [-0.39, 0.29) is 0 Å². The molecule has 1 aromatic heterocycles. The molecule has 8 heavy (non-hydrogen) atoms. The maximum absolute atomic E-state index is 8.23. The van der Waals surface area contributed by atoms with E-state index in [9.17, 15) is 0 Å². The van der Waals surface area contributed by atoms with Crippen LogP contribution in [0.2, 0.25) is 0 Å². The molecular formula is C5H3HgNO. The van der Waals surface area contributed by atoms with Crippen molar-refractivity contribution in [1.29, 1.82) is 5.26 Å². The van der Waals surface area contributed by atoms with E-state index in [1.54, 1.807) is 6.26 Å². The van der Waals surface area contributed by atoms with Gasteiger partial charge in [-0.05, 0) is 0 Å². The quantitative estimate of drug-likeness (QED) is 0.706. The van der Waals surface area contributed by atoms with Gasteiger partial charge in [-0.2, -0.15) is 0 Å². The first-order valence-corrected chi connectivity index (χ1v) is 7.82. The summed E-state index contributed by atoms with van der Waals surface area (Å²) in [6, 6.07) is 3.71. The molecule has 3 heteroatoms. The summed E-state index contributed by atoms with van der Waals surface area (Å²) in [5.41, 5.74) is 0. The Labute approximate surface area is 59.5 Å². The van der Waals surface area contributed by atoms with Crippen molar-refractivity contribution in [3.63, 3.8) is 0 Å². The molecule has 2 nitrogen and oxygen atoms in total. The van der Waals surface area contributed by atoms with Crippen molar-refractivity contribution in [2.24, 2.45) is 0 Å². The van der Waals surface area contributed by atoms with Gasteiger partial charge in [-0.25, -0.2) is 0 Å². The number of furan rings is 1. The summed E-state index contributed by atoms with van der Waals surface area (Å²) in [5.74, 6) is 0. The number of rotatable bonds is 1. The minimum absolute atomic E-state index is 0.951. The Morgan fingerprint density at radius 3 is 3.12 bits per heavy atom. The van der Waals surface area contributed by atoms with E-state index in [4.69, 9.17) is 9.68 Å². The summed E-state index contributed by atoms with van der Waals surface area (Å²) >= 11 is -1.37. The van der Waals surface area contributed by atoms with Crippen molar-refractivity contribution in [3.05, 3.63) is 18.4 Å². The normalized spacial score (nSPS) is 7.38. The fourth-order valence-electron chi connectivity index (χ4n) is 0.491. The van der Waals surface area contributed by atoms with Crippen LogP contribution in [0.1, 0.15) is 0 Å². The van der Waals surface area contributed by atoms with Crippen LogP contribution in [0, 0.1) is 8.84 Å². The van der Waals surface area contributed by atoms with Crippen LogP contribution >= 0.6 is 0 Å². The molecule has 0 saturated carbocycles. The third-order valence-corrected chi connectivity index (χ3v) is 4.37. The number of hydrogen-bond donors (Lipinski definition) is 0. The van der Waals surface area contributed by atoms with E-state index in [0.717, 1.165) is 3.27 Å². The van der Waals surface area contributed by atoms with Crippen LogP contribution in [0.5, 0.6) is 0 Å². The molecule has 0 aliphatic rings. The van der Waals surface area contributed by atoms with Crippen molar-refractivity contribution < 1.29 is 29.0 Å². The number of hydrogen-bond acceptors (Lipinski definition) is 2. The number of nitrogens with zero attached hydrogens (tertiary/aromatic N) is 1. The van der Waals surface area contributed by atoms with Gasteiger partial charge in [-0.1, -0.05) is 0 Å². The van der Waals surface area contributed by atoms with Crippen molar-refractivity contribution >= 4 is 3.27 Å². The fourth-order valence-corrected chi connectivity index (χ4v) is 2.78. The van der Waals surface area contributed by atoms with Crippen molar-refractivity contribution in [2.75, 3.05) is 0 Å². The average molecular weight is 294 g/mol. The molecule has 0 saturated heterocycles. The zero-order chi connectivity index (χ0) is 5.82. The molecule has 0 N–H and O–H groups in total. The van der Waals surface area contributed by atoms with E-state index in [2.05, 4.69) is 3.58 Å². The molecule has 0 amide bonds. The molecule has 1 heterocycles. The third-order valence-electron chi connectivity index (χ3n) is 0.833. The third kappa shape index (κ3) is 1.34. The monoisotopic (exact) mass is 295 g/mol. The Kier molecular flexibility index (Phi) is 2.10. The first-order chi connectivity index (χ1) is 3.93. The summed E-state index contributed by atoms with van der Waals surface area (Å²) in [6.07, 6.45) is 1.62. The Hall–Kier alpha value is -0.295. The summed E-state index contributed by atoms with van der Waals surface area (Å²) in [5, 5.41) is 8.23. The summed E-state index contributed by atoms with van der Waals surface area (Å²) in [7, 11) is 0. The van der Waals surface area contributed by atoms with E-state index < -0.39 is 24.6 Å². The van der Waals surface area contributed by atoms with Crippen LogP contribution in [0.15, 0.2) is 22.8 Å². The van der Waals surface area contributed by atoms with E-state index in [1.807, 2.05) is 12.1 Å². The zero-order valence-electron chi connectivity index (χ0n) is 4.29. The van der Waals surface area contributed by atoms with Gasteiger partial charge in [0.15, 0.2) is 0 Å². The molecule has 0 aliphatic heterocycles. The van der Waals surface area contributed by atoms with E-state index in [0.29, 0.717) is 0 Å². The molecule has 1 aromatic rings. The van der Waals surface area contributed by atoms with Gasteiger partial charge in [0.25, 0.3) is 0 Å². The first kappa shape index (κ1) is 5.83. The van der Waals surface area contributed by atoms with Gasteiger partial charge in [-0.15, -0.1) is 0 Å². The Morgan fingerprint density at radius 1 is 1.75 bits per heavy atom. The van der Waals surface area contributed by atoms with E-state index >= 15 is 0 Å². The van der Waals surface area contributed by atoms with Gasteiger partial charge in [0, 0.05) is 0 Å². The van der Waals surface area contributed by atoms with Gasteiger partial charge >= 0.3 is 59.5 Å².